The fraction of sp³-hybridized carbons (Fsp3) is 0.727. The van der Waals surface area contributed by atoms with Gasteiger partial charge in [-0.15, -0.1) is 0 Å². The Morgan fingerprint density at radius 2 is 2.22 bits per heavy atom. The number of halogens is 2. The molecule has 0 radical (unpaired) electrons. The molecule has 5 nitrogen and oxygen atoms in total. The number of aromatic nitrogens is 3. The minimum absolute atomic E-state index is 0.0129. The van der Waals surface area contributed by atoms with Crippen LogP contribution in [0.1, 0.15) is 32.1 Å². The van der Waals surface area contributed by atoms with Gasteiger partial charge in [-0.2, -0.15) is 5.10 Å². The van der Waals surface area contributed by atoms with Crippen LogP contribution in [0.25, 0.3) is 0 Å². The highest BCUT2D eigenvalue weighted by molar-refractivity contribution is 5.80. The molecule has 0 unspecified atom stereocenters. The van der Waals surface area contributed by atoms with Crippen molar-refractivity contribution in [2.75, 3.05) is 13.2 Å². The molecule has 1 aromatic rings. The minimum atomic E-state index is -2.50. The van der Waals surface area contributed by atoms with E-state index in [1.165, 1.54) is 6.33 Å². The summed E-state index contributed by atoms with van der Waals surface area (Å²) in [5.74, 6) is 0.489. The molecule has 0 atom stereocenters. The van der Waals surface area contributed by atoms with E-state index in [-0.39, 0.29) is 31.3 Å². The van der Waals surface area contributed by atoms with Crippen molar-refractivity contribution >= 4 is 5.78 Å². The van der Waals surface area contributed by atoms with Crippen molar-refractivity contribution in [3.05, 3.63) is 12.2 Å². The molecule has 0 aliphatic heterocycles. The van der Waals surface area contributed by atoms with Gasteiger partial charge in [0.1, 0.15) is 24.5 Å². The number of ether oxygens (including phenoxy) is 1. The Hall–Kier alpha value is -1.37. The highest BCUT2D eigenvalue weighted by Crippen LogP contribution is 2.07. The van der Waals surface area contributed by atoms with Crippen LogP contribution in [0, 0.1) is 0 Å². The largest absolute Gasteiger partial charge is 0.375 e. The molecule has 7 heteroatoms. The van der Waals surface area contributed by atoms with Gasteiger partial charge >= 0.3 is 0 Å². The summed E-state index contributed by atoms with van der Waals surface area (Å²) < 4.78 is 29.9. The third-order valence-electron chi connectivity index (χ3n) is 2.26. The molecule has 0 aliphatic carbocycles. The van der Waals surface area contributed by atoms with Crippen LogP contribution in [-0.2, 0) is 16.0 Å². The number of carbonyl (C=O) groups excluding carboxylic acids is 1. The highest BCUT2D eigenvalue weighted by atomic mass is 19.3. The Bertz CT molecular complexity index is 380. The molecule has 0 spiro atoms. The predicted molar refractivity (Wildman–Crippen MR) is 60.6 cm³/mol. The lowest BCUT2D eigenvalue weighted by Gasteiger charge is -2.08. The van der Waals surface area contributed by atoms with Gasteiger partial charge in [-0.25, -0.2) is 18.4 Å². The Morgan fingerprint density at radius 3 is 2.83 bits per heavy atom. The van der Waals surface area contributed by atoms with Crippen LogP contribution in [0.3, 0.4) is 0 Å². The van der Waals surface area contributed by atoms with Crippen molar-refractivity contribution in [1.29, 1.82) is 0 Å². The molecule has 0 fully saturated rings. The fourth-order valence-electron chi connectivity index (χ4n) is 1.46. The first kappa shape index (κ1) is 14.7. The maximum absolute atomic E-state index is 11.8. The summed E-state index contributed by atoms with van der Waals surface area (Å²) in [5, 5.41) is 4.01. The Labute approximate surface area is 104 Å². The van der Waals surface area contributed by atoms with Gasteiger partial charge in [0, 0.05) is 12.5 Å². The smallest absolute Gasteiger partial charge is 0.261 e. The summed E-state index contributed by atoms with van der Waals surface area (Å²) in [4.78, 5) is 15.6. The van der Waals surface area contributed by atoms with Crippen LogP contribution in [-0.4, -0.2) is 40.2 Å². The number of nitrogens with zero attached hydrogens (tertiary/aromatic N) is 3. The van der Waals surface area contributed by atoms with Crippen LogP contribution in [0.5, 0.6) is 0 Å². The molecule has 102 valence electrons. The van der Waals surface area contributed by atoms with Gasteiger partial charge in [-0.05, 0) is 13.8 Å². The second-order valence-corrected chi connectivity index (χ2v) is 4.15. The number of hydrogen-bond donors (Lipinski definition) is 0. The SMILES string of the molecule is CC(C)n1ncnc1CC(=O)CCOCC(F)F. The van der Waals surface area contributed by atoms with E-state index in [0.29, 0.717) is 5.82 Å². The van der Waals surface area contributed by atoms with Gasteiger partial charge in [-0.3, -0.25) is 4.79 Å². The Kier molecular flexibility index (Phi) is 5.84. The molecule has 0 aromatic carbocycles. The first-order valence-electron chi connectivity index (χ1n) is 5.76. The second kappa shape index (κ2) is 7.15. The molecule has 1 aromatic heterocycles. The summed E-state index contributed by atoms with van der Waals surface area (Å²) in [6.07, 6.45) is -0.840. The molecule has 18 heavy (non-hydrogen) atoms. The van der Waals surface area contributed by atoms with E-state index in [9.17, 15) is 13.6 Å². The van der Waals surface area contributed by atoms with Gasteiger partial charge in [0.25, 0.3) is 6.43 Å². The molecule has 1 rings (SSSR count). The van der Waals surface area contributed by atoms with Gasteiger partial charge in [0.05, 0.1) is 13.0 Å². The molecule has 0 aliphatic rings. The molecule has 0 saturated heterocycles. The third kappa shape index (κ3) is 4.87. The lowest BCUT2D eigenvalue weighted by Crippen LogP contribution is -2.15. The maximum atomic E-state index is 11.8. The molecule has 0 N–H and O–H groups in total. The second-order valence-electron chi connectivity index (χ2n) is 4.15. The molecule has 0 bridgehead atoms. The van der Waals surface area contributed by atoms with Crippen molar-refractivity contribution in [2.45, 2.75) is 39.2 Å². The van der Waals surface area contributed by atoms with Crippen LogP contribution in [0.2, 0.25) is 0 Å². The summed E-state index contributed by atoms with van der Waals surface area (Å²) >= 11 is 0. The average Bonchev–Trinajstić information content (AvgIpc) is 2.72. The molecule has 0 amide bonds. The van der Waals surface area contributed by atoms with E-state index >= 15 is 0 Å². The van der Waals surface area contributed by atoms with Crippen molar-refractivity contribution in [2.24, 2.45) is 0 Å². The summed E-state index contributed by atoms with van der Waals surface area (Å²) in [7, 11) is 0. The van der Waals surface area contributed by atoms with E-state index in [4.69, 9.17) is 0 Å². The van der Waals surface area contributed by atoms with Crippen LogP contribution in [0.4, 0.5) is 8.78 Å². The normalized spacial score (nSPS) is 11.4. The van der Waals surface area contributed by atoms with E-state index in [2.05, 4.69) is 14.8 Å². The summed E-state index contributed by atoms with van der Waals surface area (Å²) in [5.41, 5.74) is 0. The summed E-state index contributed by atoms with van der Waals surface area (Å²) in [6, 6.07) is 0.130. The van der Waals surface area contributed by atoms with Gasteiger partial charge < -0.3 is 4.74 Å². The van der Waals surface area contributed by atoms with Crippen LogP contribution >= 0.6 is 0 Å². The zero-order valence-electron chi connectivity index (χ0n) is 10.5. The quantitative estimate of drug-likeness (QED) is 0.667. The minimum Gasteiger partial charge on any atom is -0.375 e. The first-order valence-corrected chi connectivity index (χ1v) is 5.76. The zero-order chi connectivity index (χ0) is 13.5. The van der Waals surface area contributed by atoms with Gasteiger partial charge in [0.2, 0.25) is 0 Å². The fourth-order valence-corrected chi connectivity index (χ4v) is 1.46. The van der Waals surface area contributed by atoms with Crippen molar-refractivity contribution in [3.63, 3.8) is 0 Å². The summed E-state index contributed by atoms with van der Waals surface area (Å²) in [6.45, 7) is 3.26. The number of alkyl halides is 2. The van der Waals surface area contributed by atoms with Crippen LogP contribution < -0.4 is 0 Å². The van der Waals surface area contributed by atoms with E-state index in [1.54, 1.807) is 4.68 Å². The Morgan fingerprint density at radius 1 is 1.50 bits per heavy atom. The topological polar surface area (TPSA) is 57.0 Å². The lowest BCUT2D eigenvalue weighted by molar-refractivity contribution is -0.120. The monoisotopic (exact) mass is 261 g/mol. The third-order valence-corrected chi connectivity index (χ3v) is 2.26. The van der Waals surface area contributed by atoms with Crippen molar-refractivity contribution in [3.8, 4) is 0 Å². The maximum Gasteiger partial charge on any atom is 0.261 e. The number of ketones is 1. The number of carbonyl (C=O) groups is 1. The predicted octanol–water partition coefficient (Wildman–Crippen LogP) is 1.64. The number of rotatable bonds is 8. The van der Waals surface area contributed by atoms with E-state index in [0.717, 1.165) is 0 Å². The molecule has 0 saturated carbocycles. The lowest BCUT2D eigenvalue weighted by atomic mass is 10.2. The molecular weight excluding hydrogens is 244 g/mol. The highest BCUT2D eigenvalue weighted by Gasteiger charge is 2.12. The van der Waals surface area contributed by atoms with E-state index in [1.807, 2.05) is 13.8 Å². The number of Topliss-reactive ketones (excluding diaryl/α,β-unsaturated/α-hetero) is 1. The standard InChI is InChI=1S/C11H17F2N3O2/c1-8(2)16-11(14-7-15-16)5-9(17)3-4-18-6-10(12)13/h7-8,10H,3-6H2,1-2H3. The molecular formula is C11H17F2N3O2. The van der Waals surface area contributed by atoms with Crippen molar-refractivity contribution in [1.82, 2.24) is 14.8 Å². The number of hydrogen-bond acceptors (Lipinski definition) is 4. The molecule has 1 heterocycles. The first-order chi connectivity index (χ1) is 8.50. The van der Waals surface area contributed by atoms with Crippen LogP contribution in [0.15, 0.2) is 6.33 Å². The van der Waals surface area contributed by atoms with Gasteiger partial charge in [0.15, 0.2) is 0 Å². The van der Waals surface area contributed by atoms with E-state index < -0.39 is 13.0 Å². The van der Waals surface area contributed by atoms with Crippen molar-refractivity contribution < 1.29 is 18.3 Å². The zero-order valence-corrected chi connectivity index (χ0v) is 10.5. The Balaban J connectivity index is 2.33. The average molecular weight is 261 g/mol. The van der Waals surface area contributed by atoms with Gasteiger partial charge in [-0.1, -0.05) is 0 Å².